The van der Waals surface area contributed by atoms with Crippen LogP contribution >= 0.6 is 0 Å². The average Bonchev–Trinajstić information content (AvgIpc) is 3.04. The molecule has 1 unspecified atom stereocenters. The molecule has 1 aliphatic heterocycles. The first kappa shape index (κ1) is 34.8. The van der Waals surface area contributed by atoms with Crippen molar-refractivity contribution in [2.24, 2.45) is 5.73 Å². The van der Waals surface area contributed by atoms with Crippen LogP contribution in [0, 0.1) is 0 Å². The van der Waals surface area contributed by atoms with E-state index < -0.39 is 32.7 Å². The predicted molar refractivity (Wildman–Crippen MR) is 186 cm³/mol. The third kappa shape index (κ3) is 7.44. The normalized spacial score (nSPS) is 14.8. The molecule has 0 radical (unpaired) electrons. The molecule has 1 saturated heterocycles. The quantitative estimate of drug-likeness (QED) is 0.162. The number of nitrogens with one attached hydrogen (secondary N) is 2. The van der Waals surface area contributed by atoms with Crippen LogP contribution in [0.15, 0.2) is 60.8 Å². The molecule has 0 bridgehead atoms. The number of aromatic nitrogens is 1. The highest BCUT2D eigenvalue weighted by molar-refractivity contribution is 7.86. The zero-order valence-corrected chi connectivity index (χ0v) is 28.5. The maximum atomic E-state index is 13.7. The molecular formula is C35H41N5O7S. The molecule has 3 aromatic carbocycles. The molecule has 5 N–H and O–H groups in total. The Balaban J connectivity index is 1.50. The SMILES string of the molecule is COc1c(C(N)=O)cc(C(C)(C)C)c(C(C)S(=O)(=O)O)c1NC(=O)Nc1ccc(-c2ccc(CN3CCOCC3)nc2)c2ccccc12. The first-order valence-electron chi connectivity index (χ1n) is 15.6. The number of amides is 3. The highest BCUT2D eigenvalue weighted by Crippen LogP contribution is 2.45. The number of nitrogens with two attached hydrogens (primary N) is 1. The van der Waals surface area contributed by atoms with Gasteiger partial charge >= 0.3 is 6.03 Å². The van der Waals surface area contributed by atoms with Gasteiger partial charge in [-0.3, -0.25) is 19.2 Å². The maximum Gasteiger partial charge on any atom is 0.323 e. The Morgan fingerprint density at radius 1 is 1.06 bits per heavy atom. The van der Waals surface area contributed by atoms with Gasteiger partial charge in [0.1, 0.15) is 5.25 Å². The molecule has 254 valence electrons. The summed E-state index contributed by atoms with van der Waals surface area (Å²) in [5, 5.41) is 5.72. The van der Waals surface area contributed by atoms with Gasteiger partial charge in [-0.2, -0.15) is 8.42 Å². The summed E-state index contributed by atoms with van der Waals surface area (Å²) in [4.78, 5) is 33.2. The van der Waals surface area contributed by atoms with Crippen molar-refractivity contribution in [3.05, 3.63) is 83.2 Å². The van der Waals surface area contributed by atoms with Gasteiger partial charge in [-0.05, 0) is 47.1 Å². The Kier molecular flexibility index (Phi) is 10.1. The number of carbonyl (C=O) groups is 2. The Bertz CT molecular complexity index is 1950. The van der Waals surface area contributed by atoms with Gasteiger partial charge in [0.25, 0.3) is 16.0 Å². The number of ether oxygens (including phenoxy) is 2. The Hall–Kier alpha value is -4.56. The van der Waals surface area contributed by atoms with E-state index in [0.717, 1.165) is 60.4 Å². The van der Waals surface area contributed by atoms with Crippen LogP contribution < -0.4 is 21.1 Å². The summed E-state index contributed by atoms with van der Waals surface area (Å²) >= 11 is 0. The number of primary amides is 1. The smallest absolute Gasteiger partial charge is 0.323 e. The van der Waals surface area contributed by atoms with E-state index in [2.05, 4.69) is 15.5 Å². The number of carbonyl (C=O) groups excluding carboxylic acids is 2. The van der Waals surface area contributed by atoms with Crippen molar-refractivity contribution in [3.63, 3.8) is 0 Å². The summed E-state index contributed by atoms with van der Waals surface area (Å²) in [7, 11) is -3.36. The van der Waals surface area contributed by atoms with Crippen LogP contribution in [0.1, 0.15) is 60.1 Å². The van der Waals surface area contributed by atoms with E-state index in [-0.39, 0.29) is 22.6 Å². The summed E-state index contributed by atoms with van der Waals surface area (Å²) in [6.07, 6.45) is 1.85. The molecule has 4 aromatic rings. The number of methoxy groups -OCH3 is 1. The lowest BCUT2D eigenvalue weighted by Gasteiger charge is -2.29. The van der Waals surface area contributed by atoms with Crippen LogP contribution in [-0.4, -0.2) is 68.2 Å². The lowest BCUT2D eigenvalue weighted by molar-refractivity contribution is 0.0336. The molecule has 1 fully saturated rings. The summed E-state index contributed by atoms with van der Waals surface area (Å²) in [5.41, 5.74) is 8.57. The van der Waals surface area contributed by atoms with Gasteiger partial charge in [0.15, 0.2) is 5.75 Å². The summed E-state index contributed by atoms with van der Waals surface area (Å²) in [6.45, 7) is 10.7. The molecule has 1 atom stereocenters. The number of hydrogen-bond acceptors (Lipinski definition) is 8. The number of nitrogens with zero attached hydrogens (tertiary/aromatic N) is 2. The van der Waals surface area contributed by atoms with E-state index in [4.69, 9.17) is 20.2 Å². The summed E-state index contributed by atoms with van der Waals surface area (Å²) in [6, 6.07) is 16.0. The predicted octanol–water partition coefficient (Wildman–Crippen LogP) is 5.73. The Labute approximate surface area is 280 Å². The van der Waals surface area contributed by atoms with E-state index in [9.17, 15) is 22.6 Å². The van der Waals surface area contributed by atoms with Crippen LogP contribution in [0.3, 0.4) is 0 Å². The van der Waals surface area contributed by atoms with Crippen molar-refractivity contribution in [2.75, 3.05) is 44.0 Å². The number of pyridine rings is 1. The minimum Gasteiger partial charge on any atom is -0.494 e. The molecule has 3 amide bonds. The number of fused-ring (bicyclic) bond motifs is 1. The summed E-state index contributed by atoms with van der Waals surface area (Å²) < 4.78 is 45.9. The number of anilines is 2. The fourth-order valence-corrected chi connectivity index (χ4v) is 6.53. The molecule has 13 heteroatoms. The molecule has 2 heterocycles. The van der Waals surface area contributed by atoms with Gasteiger partial charge in [0, 0.05) is 42.3 Å². The molecule has 48 heavy (non-hydrogen) atoms. The van der Waals surface area contributed by atoms with Crippen molar-refractivity contribution in [1.29, 1.82) is 0 Å². The summed E-state index contributed by atoms with van der Waals surface area (Å²) in [5.74, 6) is -0.960. The second-order valence-corrected chi connectivity index (χ2v) is 14.5. The van der Waals surface area contributed by atoms with Gasteiger partial charge in [0.05, 0.1) is 43.0 Å². The second kappa shape index (κ2) is 13.9. The van der Waals surface area contributed by atoms with Gasteiger partial charge in [-0.1, -0.05) is 57.2 Å². The lowest BCUT2D eigenvalue weighted by Crippen LogP contribution is -2.35. The molecule has 1 aromatic heterocycles. The third-order valence-corrected chi connectivity index (χ3v) is 9.62. The molecule has 5 rings (SSSR count). The monoisotopic (exact) mass is 675 g/mol. The van der Waals surface area contributed by atoms with Crippen LogP contribution in [0.25, 0.3) is 21.9 Å². The van der Waals surface area contributed by atoms with Crippen molar-refractivity contribution in [2.45, 2.75) is 44.9 Å². The highest BCUT2D eigenvalue weighted by atomic mass is 32.2. The number of rotatable bonds is 9. The minimum atomic E-state index is -4.64. The molecular weight excluding hydrogens is 634 g/mol. The van der Waals surface area contributed by atoms with Gasteiger partial charge in [0.2, 0.25) is 0 Å². The average molecular weight is 676 g/mol. The number of urea groups is 1. The van der Waals surface area contributed by atoms with Gasteiger partial charge in [-0.25, -0.2) is 4.79 Å². The van der Waals surface area contributed by atoms with Gasteiger partial charge < -0.3 is 25.8 Å². The van der Waals surface area contributed by atoms with Crippen molar-refractivity contribution in [1.82, 2.24) is 9.88 Å². The molecule has 0 spiro atoms. The van der Waals surface area contributed by atoms with Crippen molar-refractivity contribution >= 4 is 44.2 Å². The van der Waals surface area contributed by atoms with E-state index in [1.54, 1.807) is 6.07 Å². The molecule has 12 nitrogen and oxygen atoms in total. The molecule has 1 aliphatic rings. The Morgan fingerprint density at radius 2 is 1.75 bits per heavy atom. The van der Waals surface area contributed by atoms with E-state index in [0.29, 0.717) is 11.3 Å². The fourth-order valence-electron chi connectivity index (χ4n) is 5.98. The van der Waals surface area contributed by atoms with Crippen LogP contribution in [-0.2, 0) is 26.8 Å². The zero-order valence-electron chi connectivity index (χ0n) is 27.7. The first-order valence-corrected chi connectivity index (χ1v) is 17.1. The topological polar surface area (TPSA) is 173 Å². The van der Waals surface area contributed by atoms with E-state index >= 15 is 0 Å². The van der Waals surface area contributed by atoms with E-state index in [1.807, 2.05) is 69.4 Å². The second-order valence-electron chi connectivity index (χ2n) is 12.8. The highest BCUT2D eigenvalue weighted by Gasteiger charge is 2.35. The largest absolute Gasteiger partial charge is 0.494 e. The Morgan fingerprint density at radius 3 is 2.33 bits per heavy atom. The van der Waals surface area contributed by atoms with Crippen LogP contribution in [0.2, 0.25) is 0 Å². The standard InChI is InChI=1S/C35H41N5O7S/c1-21(48(43,44)45)30-28(35(2,3)4)18-27(33(36)41)32(46-5)31(30)39-34(42)38-29-13-12-24(25-8-6-7-9-26(25)29)22-10-11-23(37-19-22)20-40-14-16-47-17-15-40/h6-13,18-19,21H,14-17,20H2,1-5H3,(H2,36,41)(H2,38,39,42)(H,43,44,45). The fraction of sp³-hybridized carbons (Fsp3) is 0.343. The maximum absolute atomic E-state index is 13.7. The minimum absolute atomic E-state index is 0.0524. The lowest BCUT2D eigenvalue weighted by atomic mass is 9.80. The molecule has 0 aliphatic carbocycles. The van der Waals surface area contributed by atoms with E-state index in [1.165, 1.54) is 20.1 Å². The zero-order chi connectivity index (χ0) is 34.8. The number of benzene rings is 3. The van der Waals surface area contributed by atoms with Crippen LogP contribution in [0.5, 0.6) is 5.75 Å². The van der Waals surface area contributed by atoms with Gasteiger partial charge in [-0.15, -0.1) is 0 Å². The number of morpholine rings is 1. The molecule has 0 saturated carbocycles. The van der Waals surface area contributed by atoms with Crippen molar-refractivity contribution < 1.29 is 32.0 Å². The number of hydrogen-bond donors (Lipinski definition) is 4. The third-order valence-electron chi connectivity index (χ3n) is 8.49. The van der Waals surface area contributed by atoms with Crippen molar-refractivity contribution in [3.8, 4) is 16.9 Å². The first-order chi connectivity index (χ1) is 22.7. The van der Waals surface area contributed by atoms with Crippen LogP contribution in [0.4, 0.5) is 16.2 Å².